The molecule has 7 nitrogen and oxygen atoms in total. The Labute approximate surface area is 143 Å². The number of benzene rings is 1. The van der Waals surface area contributed by atoms with E-state index >= 15 is 0 Å². The predicted octanol–water partition coefficient (Wildman–Crippen LogP) is 2.80. The van der Waals surface area contributed by atoms with E-state index in [1.165, 1.54) is 13.4 Å². The molecule has 3 aromatic rings. The fourth-order valence-electron chi connectivity index (χ4n) is 2.59. The SMILES string of the molecule is COC(=O)c1ccc(-c2nccn2[C@@H](Cc2ccco2)C(=O)O)cc1. The molecule has 2 aromatic heterocycles. The molecule has 0 aliphatic rings. The van der Waals surface area contributed by atoms with Crippen LogP contribution >= 0.6 is 0 Å². The molecule has 1 N–H and O–H groups in total. The number of aromatic nitrogens is 2. The van der Waals surface area contributed by atoms with Crippen LogP contribution in [0.4, 0.5) is 0 Å². The van der Waals surface area contributed by atoms with Gasteiger partial charge in [0.1, 0.15) is 17.6 Å². The average Bonchev–Trinajstić information content (AvgIpc) is 3.30. The summed E-state index contributed by atoms with van der Waals surface area (Å²) in [5, 5.41) is 9.61. The van der Waals surface area contributed by atoms with Crippen molar-refractivity contribution in [3.05, 3.63) is 66.4 Å². The number of ether oxygens (including phenoxy) is 1. The molecule has 0 spiro atoms. The standard InChI is InChI=1S/C18H16N2O5/c1-24-18(23)13-6-4-12(5-7-13)16-19-8-9-20(16)15(17(21)22)11-14-3-2-10-25-14/h2-10,15H,11H2,1H3,(H,21,22)/t15-/m0/s1. The number of carboxylic acid groups (broad SMARTS) is 1. The van der Waals surface area contributed by atoms with E-state index in [-0.39, 0.29) is 6.42 Å². The molecule has 2 heterocycles. The van der Waals surface area contributed by atoms with Gasteiger partial charge in [-0.1, -0.05) is 12.1 Å². The van der Waals surface area contributed by atoms with Gasteiger partial charge in [-0.3, -0.25) is 0 Å². The highest BCUT2D eigenvalue weighted by atomic mass is 16.5. The minimum absolute atomic E-state index is 0.200. The number of carbonyl (C=O) groups excluding carboxylic acids is 1. The fraction of sp³-hybridized carbons (Fsp3) is 0.167. The van der Waals surface area contributed by atoms with Crippen molar-refractivity contribution in [2.75, 3.05) is 7.11 Å². The molecule has 0 fully saturated rings. The normalized spacial score (nSPS) is 11.9. The monoisotopic (exact) mass is 340 g/mol. The van der Waals surface area contributed by atoms with Gasteiger partial charge in [0.15, 0.2) is 0 Å². The fourth-order valence-corrected chi connectivity index (χ4v) is 2.59. The van der Waals surface area contributed by atoms with Crippen molar-refractivity contribution in [1.82, 2.24) is 9.55 Å². The Bertz CT molecular complexity index is 865. The van der Waals surface area contributed by atoms with E-state index in [2.05, 4.69) is 9.72 Å². The van der Waals surface area contributed by atoms with Gasteiger partial charge in [0.05, 0.1) is 18.9 Å². The first-order valence-electron chi connectivity index (χ1n) is 7.57. The van der Waals surface area contributed by atoms with Gasteiger partial charge in [-0.2, -0.15) is 0 Å². The second kappa shape index (κ2) is 7.04. The third kappa shape index (κ3) is 3.45. The highest BCUT2D eigenvalue weighted by Gasteiger charge is 2.24. The number of carbonyl (C=O) groups is 2. The first-order chi connectivity index (χ1) is 12.1. The van der Waals surface area contributed by atoms with Crippen LogP contribution in [0.2, 0.25) is 0 Å². The lowest BCUT2D eigenvalue weighted by Crippen LogP contribution is -2.21. The van der Waals surface area contributed by atoms with Crippen LogP contribution in [0, 0.1) is 0 Å². The van der Waals surface area contributed by atoms with Crippen molar-refractivity contribution < 1.29 is 23.8 Å². The molecular weight excluding hydrogens is 324 g/mol. The Balaban J connectivity index is 1.93. The molecule has 25 heavy (non-hydrogen) atoms. The van der Waals surface area contributed by atoms with E-state index < -0.39 is 18.0 Å². The number of esters is 1. The quantitative estimate of drug-likeness (QED) is 0.693. The third-order valence-electron chi connectivity index (χ3n) is 3.83. The van der Waals surface area contributed by atoms with Crippen LogP contribution in [0.1, 0.15) is 22.2 Å². The molecule has 128 valence electrons. The van der Waals surface area contributed by atoms with E-state index in [0.717, 1.165) is 0 Å². The smallest absolute Gasteiger partial charge is 0.337 e. The van der Waals surface area contributed by atoms with Crippen molar-refractivity contribution in [2.24, 2.45) is 0 Å². The lowest BCUT2D eigenvalue weighted by atomic mass is 10.1. The van der Waals surface area contributed by atoms with Gasteiger partial charge in [-0.05, 0) is 24.3 Å². The summed E-state index contributed by atoms with van der Waals surface area (Å²) in [5.41, 5.74) is 1.11. The Hall–Kier alpha value is -3.35. The molecule has 0 amide bonds. The zero-order valence-electron chi connectivity index (χ0n) is 13.5. The molecule has 1 atom stereocenters. The molecule has 0 saturated carbocycles. The van der Waals surface area contributed by atoms with Gasteiger partial charge in [0, 0.05) is 24.4 Å². The molecule has 1 aromatic carbocycles. The number of aliphatic carboxylic acids is 1. The zero-order valence-corrected chi connectivity index (χ0v) is 13.5. The maximum absolute atomic E-state index is 11.7. The van der Waals surface area contributed by atoms with Crippen LogP contribution in [-0.4, -0.2) is 33.7 Å². The first-order valence-corrected chi connectivity index (χ1v) is 7.57. The average molecular weight is 340 g/mol. The molecular formula is C18H16N2O5. The van der Waals surface area contributed by atoms with E-state index in [9.17, 15) is 14.7 Å². The second-order valence-corrected chi connectivity index (χ2v) is 5.36. The van der Waals surface area contributed by atoms with Gasteiger partial charge >= 0.3 is 11.9 Å². The van der Waals surface area contributed by atoms with E-state index in [4.69, 9.17) is 4.42 Å². The summed E-state index contributed by atoms with van der Waals surface area (Å²) in [5.74, 6) is -0.346. The Morgan fingerprint density at radius 1 is 1.28 bits per heavy atom. The molecule has 0 saturated heterocycles. The maximum atomic E-state index is 11.7. The maximum Gasteiger partial charge on any atom is 0.337 e. The Kier molecular flexibility index (Phi) is 4.65. The van der Waals surface area contributed by atoms with Crippen molar-refractivity contribution >= 4 is 11.9 Å². The number of hydrogen-bond acceptors (Lipinski definition) is 5. The Morgan fingerprint density at radius 3 is 2.64 bits per heavy atom. The lowest BCUT2D eigenvalue weighted by Gasteiger charge is -2.16. The summed E-state index contributed by atoms with van der Waals surface area (Å²) in [6.45, 7) is 0. The van der Waals surface area contributed by atoms with E-state index in [1.54, 1.807) is 53.4 Å². The number of methoxy groups -OCH3 is 1. The number of imidazole rings is 1. The van der Waals surface area contributed by atoms with Crippen molar-refractivity contribution in [1.29, 1.82) is 0 Å². The summed E-state index contributed by atoms with van der Waals surface area (Å²) < 4.78 is 11.5. The molecule has 0 bridgehead atoms. The number of hydrogen-bond donors (Lipinski definition) is 1. The van der Waals surface area contributed by atoms with Gasteiger partial charge in [0.25, 0.3) is 0 Å². The Morgan fingerprint density at radius 2 is 2.04 bits per heavy atom. The summed E-state index contributed by atoms with van der Waals surface area (Å²) in [7, 11) is 1.31. The third-order valence-corrected chi connectivity index (χ3v) is 3.83. The largest absolute Gasteiger partial charge is 0.480 e. The topological polar surface area (TPSA) is 94.6 Å². The minimum atomic E-state index is -0.984. The zero-order chi connectivity index (χ0) is 17.8. The minimum Gasteiger partial charge on any atom is -0.480 e. The van der Waals surface area contributed by atoms with Crippen LogP contribution in [0.5, 0.6) is 0 Å². The van der Waals surface area contributed by atoms with Crippen LogP contribution in [0.25, 0.3) is 11.4 Å². The van der Waals surface area contributed by atoms with Crippen LogP contribution in [-0.2, 0) is 16.0 Å². The first kappa shape index (κ1) is 16.5. The van der Waals surface area contributed by atoms with E-state index in [1.807, 2.05) is 0 Å². The van der Waals surface area contributed by atoms with Gasteiger partial charge in [0.2, 0.25) is 0 Å². The molecule has 3 rings (SSSR count). The summed E-state index contributed by atoms with van der Waals surface area (Å²) in [6, 6.07) is 9.23. The number of nitrogens with zero attached hydrogens (tertiary/aromatic N) is 2. The number of rotatable bonds is 6. The van der Waals surface area contributed by atoms with Gasteiger partial charge < -0.3 is 18.8 Å². The van der Waals surface area contributed by atoms with Crippen molar-refractivity contribution in [2.45, 2.75) is 12.5 Å². The second-order valence-electron chi connectivity index (χ2n) is 5.36. The summed E-state index contributed by atoms with van der Waals surface area (Å²) >= 11 is 0. The molecule has 0 unspecified atom stereocenters. The number of furan rings is 1. The number of carboxylic acids is 1. The summed E-state index contributed by atoms with van der Waals surface area (Å²) in [6.07, 6.45) is 4.87. The van der Waals surface area contributed by atoms with Crippen LogP contribution in [0.3, 0.4) is 0 Å². The van der Waals surface area contributed by atoms with Gasteiger partial charge in [-0.25, -0.2) is 14.6 Å². The van der Waals surface area contributed by atoms with Gasteiger partial charge in [-0.15, -0.1) is 0 Å². The predicted molar refractivity (Wildman–Crippen MR) is 88.1 cm³/mol. The molecule has 0 radical (unpaired) electrons. The summed E-state index contributed by atoms with van der Waals surface area (Å²) in [4.78, 5) is 27.5. The van der Waals surface area contributed by atoms with Crippen LogP contribution in [0.15, 0.2) is 59.5 Å². The molecule has 0 aliphatic heterocycles. The molecule has 0 aliphatic carbocycles. The highest BCUT2D eigenvalue weighted by molar-refractivity contribution is 5.89. The van der Waals surface area contributed by atoms with Crippen molar-refractivity contribution in [3.63, 3.8) is 0 Å². The highest BCUT2D eigenvalue weighted by Crippen LogP contribution is 2.24. The van der Waals surface area contributed by atoms with Crippen molar-refractivity contribution in [3.8, 4) is 11.4 Å². The molecule has 7 heteroatoms. The van der Waals surface area contributed by atoms with Crippen LogP contribution < -0.4 is 0 Å². The lowest BCUT2D eigenvalue weighted by molar-refractivity contribution is -0.140. The van der Waals surface area contributed by atoms with E-state index in [0.29, 0.717) is 22.7 Å².